The Morgan fingerprint density at radius 2 is 1.48 bits per heavy atom. The summed E-state index contributed by atoms with van der Waals surface area (Å²) < 4.78 is 6.23. The average Bonchev–Trinajstić information content (AvgIpc) is 2.44. The normalized spacial score (nSPS) is 13.8. The fourth-order valence-electron chi connectivity index (χ4n) is 2.52. The van der Waals surface area contributed by atoms with Crippen LogP contribution in [-0.2, 0) is 0 Å². The molecule has 2 aromatic carbocycles. The summed E-state index contributed by atoms with van der Waals surface area (Å²) in [5, 5.41) is 0. The molecule has 0 aromatic heterocycles. The standard InChI is InChI=1S/C19H25NO/c1-5-18(20)19(16-8-6-13(2)7-9-16)21-17-11-14(3)10-15(4)12-17/h6-12,18-19H,5,20H2,1-4H3. The topological polar surface area (TPSA) is 35.2 Å². The number of hydrogen-bond acceptors (Lipinski definition) is 2. The van der Waals surface area contributed by atoms with Crippen molar-refractivity contribution in [3.8, 4) is 5.75 Å². The van der Waals surface area contributed by atoms with Crippen LogP contribution in [0, 0.1) is 20.8 Å². The van der Waals surface area contributed by atoms with Crippen molar-refractivity contribution in [3.05, 3.63) is 64.7 Å². The van der Waals surface area contributed by atoms with Crippen LogP contribution in [0.15, 0.2) is 42.5 Å². The van der Waals surface area contributed by atoms with Crippen LogP contribution in [0.4, 0.5) is 0 Å². The Bertz CT molecular complexity index is 569. The van der Waals surface area contributed by atoms with Gasteiger partial charge in [0.25, 0.3) is 0 Å². The van der Waals surface area contributed by atoms with Gasteiger partial charge < -0.3 is 10.5 Å². The lowest BCUT2D eigenvalue weighted by Crippen LogP contribution is -2.31. The van der Waals surface area contributed by atoms with Crippen molar-refractivity contribution in [2.45, 2.75) is 46.3 Å². The Morgan fingerprint density at radius 1 is 0.905 bits per heavy atom. The molecule has 0 spiro atoms. The first-order valence-corrected chi connectivity index (χ1v) is 7.56. The zero-order chi connectivity index (χ0) is 15.4. The fraction of sp³-hybridized carbons (Fsp3) is 0.368. The van der Waals surface area contributed by atoms with Gasteiger partial charge in [-0.2, -0.15) is 0 Å². The lowest BCUT2D eigenvalue weighted by Gasteiger charge is -2.25. The zero-order valence-electron chi connectivity index (χ0n) is 13.4. The molecule has 0 fully saturated rings. The van der Waals surface area contributed by atoms with E-state index in [0.29, 0.717) is 0 Å². The quantitative estimate of drug-likeness (QED) is 0.878. The molecule has 2 heteroatoms. The largest absolute Gasteiger partial charge is 0.484 e. The summed E-state index contributed by atoms with van der Waals surface area (Å²) in [6.07, 6.45) is 0.764. The molecule has 0 saturated carbocycles. The van der Waals surface area contributed by atoms with Crippen LogP contribution in [0.2, 0.25) is 0 Å². The lowest BCUT2D eigenvalue weighted by molar-refractivity contribution is 0.171. The first-order valence-electron chi connectivity index (χ1n) is 7.56. The molecular formula is C19H25NO. The highest BCUT2D eigenvalue weighted by atomic mass is 16.5. The first-order chi connectivity index (χ1) is 9.99. The van der Waals surface area contributed by atoms with Gasteiger partial charge in [0.05, 0.1) is 0 Å². The second kappa shape index (κ2) is 6.77. The molecule has 0 aliphatic heterocycles. The summed E-state index contributed by atoms with van der Waals surface area (Å²) in [7, 11) is 0. The van der Waals surface area contributed by atoms with E-state index in [4.69, 9.17) is 10.5 Å². The van der Waals surface area contributed by atoms with E-state index in [-0.39, 0.29) is 12.1 Å². The van der Waals surface area contributed by atoms with Crippen LogP contribution in [0.25, 0.3) is 0 Å². The van der Waals surface area contributed by atoms with E-state index in [1.165, 1.54) is 16.7 Å². The van der Waals surface area contributed by atoms with E-state index in [1.54, 1.807) is 0 Å². The van der Waals surface area contributed by atoms with E-state index < -0.39 is 0 Å². The number of rotatable bonds is 5. The molecule has 112 valence electrons. The Labute approximate surface area is 127 Å². The summed E-state index contributed by atoms with van der Waals surface area (Å²) in [6, 6.07) is 14.7. The number of ether oxygens (including phenoxy) is 1. The molecule has 0 radical (unpaired) electrons. The van der Waals surface area contributed by atoms with Crippen molar-refractivity contribution in [3.63, 3.8) is 0 Å². The van der Waals surface area contributed by atoms with Crippen molar-refractivity contribution < 1.29 is 4.74 Å². The van der Waals surface area contributed by atoms with Gasteiger partial charge in [-0.1, -0.05) is 42.8 Å². The molecule has 0 heterocycles. The third-order valence-corrected chi connectivity index (χ3v) is 3.72. The smallest absolute Gasteiger partial charge is 0.139 e. The zero-order valence-corrected chi connectivity index (χ0v) is 13.4. The van der Waals surface area contributed by atoms with Crippen LogP contribution in [0.1, 0.15) is 41.7 Å². The van der Waals surface area contributed by atoms with Crippen molar-refractivity contribution in [2.24, 2.45) is 5.73 Å². The molecular weight excluding hydrogens is 258 g/mol. The molecule has 0 aliphatic carbocycles. The second-order valence-corrected chi connectivity index (χ2v) is 5.84. The maximum absolute atomic E-state index is 6.29. The number of hydrogen-bond donors (Lipinski definition) is 1. The minimum Gasteiger partial charge on any atom is -0.484 e. The maximum atomic E-state index is 6.29. The molecule has 0 amide bonds. The third kappa shape index (κ3) is 4.08. The Hall–Kier alpha value is -1.80. The minimum absolute atomic E-state index is 0.0199. The van der Waals surface area contributed by atoms with Crippen molar-refractivity contribution in [1.82, 2.24) is 0 Å². The van der Waals surface area contributed by atoms with E-state index in [1.807, 2.05) is 0 Å². The van der Waals surface area contributed by atoms with Gasteiger partial charge in [0.2, 0.25) is 0 Å². The van der Waals surface area contributed by atoms with Crippen LogP contribution in [0.3, 0.4) is 0 Å². The monoisotopic (exact) mass is 283 g/mol. The van der Waals surface area contributed by atoms with Crippen molar-refractivity contribution in [1.29, 1.82) is 0 Å². The fourth-order valence-corrected chi connectivity index (χ4v) is 2.52. The highest BCUT2D eigenvalue weighted by Gasteiger charge is 2.20. The van der Waals surface area contributed by atoms with Gasteiger partial charge in [-0.25, -0.2) is 0 Å². The molecule has 2 nitrogen and oxygen atoms in total. The Kier molecular flexibility index (Phi) is 5.03. The summed E-state index contributed by atoms with van der Waals surface area (Å²) >= 11 is 0. The van der Waals surface area contributed by atoms with Gasteiger partial charge in [0, 0.05) is 6.04 Å². The van der Waals surface area contributed by atoms with E-state index in [2.05, 4.69) is 70.2 Å². The molecule has 2 unspecified atom stereocenters. The molecule has 2 rings (SSSR count). The molecule has 0 saturated heterocycles. The van der Waals surface area contributed by atoms with E-state index in [9.17, 15) is 0 Å². The Morgan fingerprint density at radius 3 is 2.00 bits per heavy atom. The second-order valence-electron chi connectivity index (χ2n) is 5.84. The molecule has 2 N–H and O–H groups in total. The average molecular weight is 283 g/mol. The molecule has 2 aromatic rings. The van der Waals surface area contributed by atoms with Gasteiger partial charge in [-0.3, -0.25) is 0 Å². The number of benzene rings is 2. The maximum Gasteiger partial charge on any atom is 0.139 e. The predicted molar refractivity (Wildman–Crippen MR) is 88.7 cm³/mol. The van der Waals surface area contributed by atoms with Gasteiger partial charge in [0.15, 0.2) is 0 Å². The first kappa shape index (κ1) is 15.6. The van der Waals surface area contributed by atoms with Crippen LogP contribution in [-0.4, -0.2) is 6.04 Å². The van der Waals surface area contributed by atoms with Gasteiger partial charge in [0.1, 0.15) is 11.9 Å². The highest BCUT2D eigenvalue weighted by molar-refractivity contribution is 5.34. The number of nitrogens with two attached hydrogens (primary N) is 1. The molecule has 2 atom stereocenters. The summed E-state index contributed by atoms with van der Waals surface area (Å²) in [5.41, 5.74) is 11.1. The van der Waals surface area contributed by atoms with Crippen molar-refractivity contribution >= 4 is 0 Å². The minimum atomic E-state index is -0.114. The van der Waals surface area contributed by atoms with Crippen LogP contribution < -0.4 is 10.5 Å². The molecule has 0 bridgehead atoms. The summed E-state index contributed by atoms with van der Waals surface area (Å²) in [6.45, 7) is 8.35. The van der Waals surface area contributed by atoms with Gasteiger partial charge in [-0.05, 0) is 56.0 Å². The lowest BCUT2D eigenvalue weighted by atomic mass is 9.99. The summed E-state index contributed by atoms with van der Waals surface area (Å²) in [5.74, 6) is 0.891. The van der Waals surface area contributed by atoms with Crippen molar-refractivity contribution in [2.75, 3.05) is 0 Å². The van der Waals surface area contributed by atoms with Gasteiger partial charge >= 0.3 is 0 Å². The van der Waals surface area contributed by atoms with E-state index >= 15 is 0 Å². The highest BCUT2D eigenvalue weighted by Crippen LogP contribution is 2.27. The Balaban J connectivity index is 2.30. The van der Waals surface area contributed by atoms with Crippen LogP contribution >= 0.6 is 0 Å². The number of aryl methyl sites for hydroxylation is 3. The molecule has 0 aliphatic rings. The van der Waals surface area contributed by atoms with Gasteiger partial charge in [-0.15, -0.1) is 0 Å². The predicted octanol–water partition coefficient (Wildman–Crippen LogP) is 4.47. The van der Waals surface area contributed by atoms with Crippen LogP contribution in [0.5, 0.6) is 5.75 Å². The van der Waals surface area contributed by atoms with E-state index in [0.717, 1.165) is 17.7 Å². The molecule has 21 heavy (non-hydrogen) atoms. The third-order valence-electron chi connectivity index (χ3n) is 3.72. The SMILES string of the molecule is CCC(N)C(Oc1cc(C)cc(C)c1)c1ccc(C)cc1. The summed E-state index contributed by atoms with van der Waals surface area (Å²) in [4.78, 5) is 0.